The Kier molecular flexibility index (Phi) is 2.32. The number of nitrogens with zero attached hydrogens (tertiary/aromatic N) is 1. The summed E-state index contributed by atoms with van der Waals surface area (Å²) in [7, 11) is 0. The number of rotatable bonds is 0. The van der Waals surface area contributed by atoms with Crippen LogP contribution in [0.3, 0.4) is 0 Å². The molecule has 1 amide bonds. The molecule has 6 heteroatoms. The number of halogens is 3. The van der Waals surface area contributed by atoms with E-state index in [2.05, 4.69) is 0 Å². The molecule has 0 aromatic carbocycles. The van der Waals surface area contributed by atoms with Crippen molar-refractivity contribution in [2.24, 2.45) is 5.92 Å². The lowest BCUT2D eigenvalue weighted by Crippen LogP contribution is -2.51. The van der Waals surface area contributed by atoms with E-state index >= 15 is 0 Å². The van der Waals surface area contributed by atoms with Crippen LogP contribution in [0, 0.1) is 5.92 Å². The predicted octanol–water partition coefficient (Wildman–Crippen LogP) is 0.944. The van der Waals surface area contributed by atoms with Crippen molar-refractivity contribution in [2.45, 2.75) is 19.6 Å². The Morgan fingerprint density at radius 1 is 1.38 bits per heavy atom. The molecule has 13 heavy (non-hydrogen) atoms. The van der Waals surface area contributed by atoms with Crippen LogP contribution in [-0.2, 0) is 9.59 Å². The fourth-order valence-corrected chi connectivity index (χ4v) is 1.12. The van der Waals surface area contributed by atoms with Crippen LogP contribution in [0.25, 0.3) is 0 Å². The summed E-state index contributed by atoms with van der Waals surface area (Å²) in [6.45, 7) is 0.609. The van der Waals surface area contributed by atoms with E-state index in [-0.39, 0.29) is 11.3 Å². The van der Waals surface area contributed by atoms with Crippen molar-refractivity contribution in [3.63, 3.8) is 0 Å². The summed E-state index contributed by atoms with van der Waals surface area (Å²) < 4.78 is 36.1. The third-order valence-corrected chi connectivity index (χ3v) is 1.95. The molecule has 1 fully saturated rings. The molecular formula is C7H8F3NO2. The number of piperidine rings is 1. The van der Waals surface area contributed by atoms with Gasteiger partial charge in [0.2, 0.25) is 5.91 Å². The molecule has 74 valence electrons. The van der Waals surface area contributed by atoms with Crippen LogP contribution in [0.2, 0.25) is 0 Å². The van der Waals surface area contributed by atoms with Crippen LogP contribution >= 0.6 is 0 Å². The molecule has 1 aliphatic heterocycles. The maximum absolute atomic E-state index is 12.0. The Labute approximate surface area is 72.5 Å². The van der Waals surface area contributed by atoms with Crippen LogP contribution < -0.4 is 0 Å². The van der Waals surface area contributed by atoms with E-state index < -0.39 is 30.5 Å². The Balaban J connectivity index is 2.79. The molecule has 1 rings (SSSR count). The van der Waals surface area contributed by atoms with Crippen LogP contribution in [0.5, 0.6) is 0 Å². The van der Waals surface area contributed by atoms with E-state index in [1.807, 2.05) is 0 Å². The molecule has 1 heterocycles. The fourth-order valence-electron chi connectivity index (χ4n) is 1.12. The van der Waals surface area contributed by atoms with Gasteiger partial charge in [0.1, 0.15) is 0 Å². The summed E-state index contributed by atoms with van der Waals surface area (Å²) in [4.78, 5) is 21.4. The van der Waals surface area contributed by atoms with E-state index in [4.69, 9.17) is 0 Å². The van der Waals surface area contributed by atoms with Gasteiger partial charge in [-0.1, -0.05) is 6.92 Å². The number of amides is 1. The van der Waals surface area contributed by atoms with Gasteiger partial charge in [-0.15, -0.1) is 13.2 Å². The Morgan fingerprint density at radius 2 is 1.92 bits per heavy atom. The number of hydrogen-bond acceptors (Lipinski definition) is 2. The van der Waals surface area contributed by atoms with Gasteiger partial charge in [-0.2, -0.15) is 0 Å². The molecular weight excluding hydrogens is 187 g/mol. The van der Waals surface area contributed by atoms with Crippen molar-refractivity contribution in [3.8, 4) is 0 Å². The highest BCUT2D eigenvalue weighted by atomic mass is 19.4. The normalized spacial score (nSPS) is 25.2. The predicted molar refractivity (Wildman–Crippen MR) is 36.6 cm³/mol. The van der Waals surface area contributed by atoms with Gasteiger partial charge in [0.05, 0.1) is 6.54 Å². The molecule has 0 aromatic rings. The third kappa shape index (κ3) is 1.99. The van der Waals surface area contributed by atoms with Crippen LogP contribution in [0.4, 0.5) is 13.2 Å². The van der Waals surface area contributed by atoms with E-state index in [0.29, 0.717) is 0 Å². The van der Waals surface area contributed by atoms with Crippen LogP contribution in [0.1, 0.15) is 13.3 Å². The number of ketones is 1. The summed E-state index contributed by atoms with van der Waals surface area (Å²) in [5, 5.41) is 0. The van der Waals surface area contributed by atoms with Gasteiger partial charge in [0, 0.05) is 12.3 Å². The summed E-state index contributed by atoms with van der Waals surface area (Å²) in [6, 6.07) is 0. The van der Waals surface area contributed by atoms with Crippen molar-refractivity contribution in [1.82, 2.24) is 4.90 Å². The Morgan fingerprint density at radius 3 is 2.38 bits per heavy atom. The van der Waals surface area contributed by atoms with Gasteiger partial charge in [0.15, 0.2) is 5.78 Å². The summed E-state index contributed by atoms with van der Waals surface area (Å²) in [5.41, 5.74) is 0. The molecule has 0 radical (unpaired) electrons. The van der Waals surface area contributed by atoms with Gasteiger partial charge in [-0.05, 0) is 0 Å². The van der Waals surface area contributed by atoms with E-state index in [1.54, 1.807) is 0 Å². The minimum Gasteiger partial charge on any atom is -0.297 e. The molecule has 0 spiro atoms. The van der Waals surface area contributed by atoms with E-state index in [1.165, 1.54) is 6.92 Å². The Bertz CT molecular complexity index is 249. The smallest absolute Gasteiger partial charge is 0.297 e. The van der Waals surface area contributed by atoms with Crippen molar-refractivity contribution < 1.29 is 22.8 Å². The quantitative estimate of drug-likeness (QED) is 0.539. The molecule has 1 atom stereocenters. The maximum atomic E-state index is 12.0. The molecule has 0 N–H and O–H groups in total. The molecule has 1 aliphatic rings. The largest absolute Gasteiger partial charge is 0.487 e. The van der Waals surface area contributed by atoms with Gasteiger partial charge < -0.3 is 0 Å². The third-order valence-electron chi connectivity index (χ3n) is 1.95. The average Bonchev–Trinajstić information content (AvgIpc) is 1.94. The standard InChI is InChI=1S/C7H8F3NO2/c1-4-2-6(13)11(3-5(4)12)7(8,9)10/h4H,2-3H2,1H3. The second-order valence-electron chi connectivity index (χ2n) is 3.02. The van der Waals surface area contributed by atoms with Gasteiger partial charge in [-0.25, -0.2) is 4.90 Å². The second kappa shape index (κ2) is 3.01. The average molecular weight is 195 g/mol. The number of hydrogen-bond donors (Lipinski definition) is 0. The zero-order chi connectivity index (χ0) is 10.2. The van der Waals surface area contributed by atoms with Crippen molar-refractivity contribution >= 4 is 11.7 Å². The minimum absolute atomic E-state index is 0.338. The molecule has 0 saturated carbocycles. The second-order valence-corrected chi connectivity index (χ2v) is 3.02. The number of carbonyl (C=O) groups is 2. The fraction of sp³-hybridized carbons (Fsp3) is 0.714. The number of likely N-dealkylation sites (tertiary alicyclic amines) is 1. The first kappa shape index (κ1) is 10.0. The van der Waals surface area contributed by atoms with Crippen LogP contribution in [0.15, 0.2) is 0 Å². The van der Waals surface area contributed by atoms with Crippen molar-refractivity contribution in [3.05, 3.63) is 0 Å². The van der Waals surface area contributed by atoms with Gasteiger partial charge in [-0.3, -0.25) is 9.59 Å². The molecule has 0 bridgehead atoms. The van der Waals surface area contributed by atoms with Gasteiger partial charge >= 0.3 is 6.30 Å². The first-order valence-corrected chi connectivity index (χ1v) is 3.72. The zero-order valence-electron chi connectivity index (χ0n) is 6.89. The summed E-state index contributed by atoms with van der Waals surface area (Å²) in [6.07, 6.45) is -5.08. The number of Topliss-reactive ketones (excluding diaryl/α,β-unsaturated/α-hetero) is 1. The summed E-state index contributed by atoms with van der Waals surface area (Å²) >= 11 is 0. The van der Waals surface area contributed by atoms with E-state index in [0.717, 1.165) is 0 Å². The van der Waals surface area contributed by atoms with Gasteiger partial charge in [0.25, 0.3) is 0 Å². The zero-order valence-corrected chi connectivity index (χ0v) is 6.89. The highest BCUT2D eigenvalue weighted by Gasteiger charge is 2.45. The Hall–Kier alpha value is -1.07. The number of alkyl halides is 3. The molecule has 1 unspecified atom stereocenters. The molecule has 1 saturated heterocycles. The van der Waals surface area contributed by atoms with E-state index in [9.17, 15) is 22.8 Å². The lowest BCUT2D eigenvalue weighted by Gasteiger charge is -2.30. The lowest BCUT2D eigenvalue weighted by molar-refractivity contribution is -0.243. The number of carbonyl (C=O) groups excluding carboxylic acids is 2. The molecule has 0 aliphatic carbocycles. The highest BCUT2D eigenvalue weighted by molar-refractivity contribution is 5.94. The monoisotopic (exact) mass is 195 g/mol. The first-order chi connectivity index (χ1) is 5.82. The highest BCUT2D eigenvalue weighted by Crippen LogP contribution is 2.26. The minimum atomic E-state index is -4.73. The van der Waals surface area contributed by atoms with Crippen molar-refractivity contribution in [1.29, 1.82) is 0 Å². The van der Waals surface area contributed by atoms with Crippen molar-refractivity contribution in [2.75, 3.05) is 6.54 Å². The SMILES string of the molecule is CC1CC(=O)N(C(F)(F)F)CC1=O. The lowest BCUT2D eigenvalue weighted by atomic mass is 9.97. The first-order valence-electron chi connectivity index (χ1n) is 3.72. The van der Waals surface area contributed by atoms with Crippen LogP contribution in [-0.4, -0.2) is 29.4 Å². The molecule has 3 nitrogen and oxygen atoms in total. The summed E-state index contributed by atoms with van der Waals surface area (Å²) in [5.74, 6) is -2.16. The topological polar surface area (TPSA) is 37.4 Å². The molecule has 0 aromatic heterocycles. The maximum Gasteiger partial charge on any atom is 0.487 e.